The van der Waals surface area contributed by atoms with Crippen LogP contribution in [0.4, 0.5) is 11.6 Å². The van der Waals surface area contributed by atoms with E-state index in [-0.39, 0.29) is 17.6 Å². The highest BCUT2D eigenvalue weighted by molar-refractivity contribution is 7.99. The Labute approximate surface area is 234 Å². The SMILES string of the molecule is COc1ccc(NC(=O)CSc2nnc(N/N=C/c3ccccc3OCc3ccccc3Cl)n2N)c(OC)c1. The average Bonchev–Trinajstić information content (AvgIpc) is 3.31. The van der Waals surface area contributed by atoms with Crippen LogP contribution in [-0.4, -0.2) is 47.0 Å². The van der Waals surface area contributed by atoms with Gasteiger partial charge in [-0.25, -0.2) is 10.1 Å². The van der Waals surface area contributed by atoms with Gasteiger partial charge in [-0.15, -0.1) is 10.2 Å². The Morgan fingerprint density at radius 2 is 1.87 bits per heavy atom. The highest BCUT2D eigenvalue weighted by Crippen LogP contribution is 2.29. The number of ether oxygens (including phenoxy) is 3. The van der Waals surface area contributed by atoms with Crippen molar-refractivity contribution in [2.45, 2.75) is 11.8 Å². The molecule has 1 heterocycles. The Morgan fingerprint density at radius 1 is 1.08 bits per heavy atom. The number of nitrogens with one attached hydrogen (secondary N) is 2. The number of halogens is 1. The summed E-state index contributed by atoms with van der Waals surface area (Å²) < 4.78 is 17.6. The van der Waals surface area contributed by atoms with Crippen LogP contribution in [0.15, 0.2) is 77.0 Å². The number of nitrogens with zero attached hydrogens (tertiary/aromatic N) is 4. The molecule has 0 atom stereocenters. The number of nitrogen functional groups attached to an aromatic ring is 1. The fraction of sp³-hybridized carbons (Fsp3) is 0.154. The number of amides is 1. The number of carbonyl (C=O) groups is 1. The maximum atomic E-state index is 12.5. The summed E-state index contributed by atoms with van der Waals surface area (Å²) >= 11 is 7.34. The molecule has 202 valence electrons. The van der Waals surface area contributed by atoms with E-state index in [0.29, 0.717) is 39.7 Å². The van der Waals surface area contributed by atoms with Crippen molar-refractivity contribution in [3.8, 4) is 17.2 Å². The van der Waals surface area contributed by atoms with E-state index in [0.717, 1.165) is 22.9 Å². The van der Waals surface area contributed by atoms with E-state index in [1.807, 2.05) is 48.5 Å². The molecule has 0 aliphatic carbocycles. The number of hydrogen-bond donors (Lipinski definition) is 3. The highest BCUT2D eigenvalue weighted by Gasteiger charge is 2.14. The third-order valence-corrected chi connectivity index (χ3v) is 6.62. The van der Waals surface area contributed by atoms with Crippen molar-refractivity contribution in [2.24, 2.45) is 5.10 Å². The number of nitrogens with two attached hydrogens (primary N) is 1. The van der Waals surface area contributed by atoms with Gasteiger partial charge in [0.05, 0.1) is 31.9 Å². The lowest BCUT2D eigenvalue weighted by Crippen LogP contribution is -2.17. The molecule has 0 saturated heterocycles. The predicted molar refractivity (Wildman–Crippen MR) is 153 cm³/mol. The Balaban J connectivity index is 1.32. The first-order valence-corrected chi connectivity index (χ1v) is 12.9. The van der Waals surface area contributed by atoms with E-state index in [1.165, 1.54) is 11.8 Å². The van der Waals surface area contributed by atoms with Crippen LogP contribution in [0.3, 0.4) is 0 Å². The number of hydrazone groups is 1. The zero-order valence-corrected chi connectivity index (χ0v) is 22.7. The Morgan fingerprint density at radius 3 is 2.67 bits per heavy atom. The van der Waals surface area contributed by atoms with Crippen LogP contribution in [0.5, 0.6) is 17.2 Å². The van der Waals surface area contributed by atoms with Gasteiger partial charge in [0.1, 0.15) is 23.9 Å². The minimum atomic E-state index is -0.271. The van der Waals surface area contributed by atoms with E-state index in [9.17, 15) is 4.79 Å². The second-order valence-corrected chi connectivity index (χ2v) is 9.22. The number of anilines is 2. The summed E-state index contributed by atoms with van der Waals surface area (Å²) in [5, 5.41) is 16.0. The number of aromatic nitrogens is 3. The van der Waals surface area contributed by atoms with Gasteiger partial charge < -0.3 is 25.4 Å². The van der Waals surface area contributed by atoms with Gasteiger partial charge in [0, 0.05) is 22.2 Å². The number of methoxy groups -OCH3 is 2. The zero-order valence-electron chi connectivity index (χ0n) is 21.1. The largest absolute Gasteiger partial charge is 0.497 e. The van der Waals surface area contributed by atoms with Crippen LogP contribution in [0.2, 0.25) is 5.02 Å². The molecule has 4 rings (SSSR count). The zero-order chi connectivity index (χ0) is 27.6. The van der Waals surface area contributed by atoms with E-state index >= 15 is 0 Å². The molecule has 13 heteroatoms. The topological polar surface area (TPSA) is 138 Å². The second kappa shape index (κ2) is 13.4. The Bertz CT molecular complexity index is 1460. The molecule has 0 aliphatic heterocycles. The molecule has 4 N–H and O–H groups in total. The van der Waals surface area contributed by atoms with Gasteiger partial charge in [0.2, 0.25) is 11.1 Å². The van der Waals surface area contributed by atoms with Crippen LogP contribution in [0.1, 0.15) is 11.1 Å². The van der Waals surface area contributed by atoms with Gasteiger partial charge in [-0.05, 0) is 30.3 Å². The maximum absolute atomic E-state index is 12.5. The molecule has 1 aromatic heterocycles. The molecule has 0 radical (unpaired) electrons. The fourth-order valence-corrected chi connectivity index (χ4v) is 4.17. The van der Waals surface area contributed by atoms with Crippen molar-refractivity contribution >= 4 is 47.1 Å². The number of thioether (sulfide) groups is 1. The third kappa shape index (κ3) is 7.33. The quantitative estimate of drug-likeness (QED) is 0.0982. The van der Waals surface area contributed by atoms with Crippen LogP contribution in [0, 0.1) is 0 Å². The van der Waals surface area contributed by atoms with Crippen molar-refractivity contribution in [1.82, 2.24) is 14.9 Å². The number of para-hydroxylation sites is 1. The van der Waals surface area contributed by atoms with Crippen molar-refractivity contribution < 1.29 is 19.0 Å². The molecular formula is C26H26ClN7O4S. The summed E-state index contributed by atoms with van der Waals surface area (Å²) in [6.07, 6.45) is 1.58. The molecule has 0 spiro atoms. The Hall–Kier alpha value is -4.42. The molecule has 11 nitrogen and oxygen atoms in total. The van der Waals surface area contributed by atoms with E-state index in [4.69, 9.17) is 31.7 Å². The Kier molecular flexibility index (Phi) is 9.48. The smallest absolute Gasteiger partial charge is 0.264 e. The number of carbonyl (C=O) groups excluding carboxylic acids is 1. The fourth-order valence-electron chi connectivity index (χ4n) is 3.32. The molecule has 0 unspecified atom stereocenters. The van der Waals surface area contributed by atoms with Crippen LogP contribution in [-0.2, 0) is 11.4 Å². The standard InChI is InChI=1S/C26H26ClN7O4S/c1-36-19-11-12-21(23(13-19)37-2)30-24(35)16-39-26-33-32-25(34(26)28)31-29-14-17-7-4-6-10-22(17)38-15-18-8-3-5-9-20(18)27/h3-14H,15-16,28H2,1-2H3,(H,30,35)(H,31,32)/b29-14+. The molecule has 3 aromatic carbocycles. The number of benzene rings is 3. The highest BCUT2D eigenvalue weighted by atomic mass is 35.5. The predicted octanol–water partition coefficient (Wildman–Crippen LogP) is 4.42. The third-order valence-electron chi connectivity index (χ3n) is 5.31. The number of hydrogen-bond acceptors (Lipinski definition) is 10. The normalized spacial score (nSPS) is 10.8. The van der Waals surface area contributed by atoms with E-state index < -0.39 is 0 Å². The van der Waals surface area contributed by atoms with Gasteiger partial charge >= 0.3 is 0 Å². The lowest BCUT2D eigenvalue weighted by Gasteiger charge is -2.11. The summed E-state index contributed by atoms with van der Waals surface area (Å²) in [5.41, 5.74) is 4.89. The lowest BCUT2D eigenvalue weighted by atomic mass is 10.2. The minimum absolute atomic E-state index is 0.0456. The molecule has 1 amide bonds. The first-order valence-electron chi connectivity index (χ1n) is 11.6. The van der Waals surface area contributed by atoms with Crippen molar-refractivity contribution in [3.05, 3.63) is 82.9 Å². The maximum Gasteiger partial charge on any atom is 0.264 e. The number of rotatable bonds is 12. The summed E-state index contributed by atoms with van der Waals surface area (Å²) in [4.78, 5) is 12.5. The average molecular weight is 568 g/mol. The van der Waals surface area contributed by atoms with Gasteiger partial charge in [-0.3, -0.25) is 4.79 Å². The van der Waals surface area contributed by atoms with Gasteiger partial charge in [0.25, 0.3) is 5.95 Å². The van der Waals surface area contributed by atoms with Gasteiger partial charge in [-0.1, -0.05) is 53.7 Å². The molecule has 39 heavy (non-hydrogen) atoms. The summed E-state index contributed by atoms with van der Waals surface area (Å²) in [5.74, 6) is 7.79. The molecule has 0 aliphatic rings. The van der Waals surface area contributed by atoms with Crippen LogP contribution >= 0.6 is 23.4 Å². The molecule has 0 fully saturated rings. The summed E-state index contributed by atoms with van der Waals surface area (Å²) in [6, 6.07) is 20.0. The van der Waals surface area contributed by atoms with Crippen LogP contribution < -0.4 is 30.8 Å². The van der Waals surface area contributed by atoms with E-state index in [2.05, 4.69) is 26.0 Å². The molecule has 0 saturated carbocycles. The lowest BCUT2D eigenvalue weighted by molar-refractivity contribution is -0.113. The summed E-state index contributed by atoms with van der Waals surface area (Å²) in [7, 11) is 3.07. The van der Waals surface area contributed by atoms with Crippen molar-refractivity contribution in [2.75, 3.05) is 36.6 Å². The van der Waals surface area contributed by atoms with E-state index in [1.54, 1.807) is 31.5 Å². The van der Waals surface area contributed by atoms with Crippen molar-refractivity contribution in [1.29, 1.82) is 0 Å². The van der Waals surface area contributed by atoms with Crippen LogP contribution in [0.25, 0.3) is 0 Å². The van der Waals surface area contributed by atoms with Gasteiger partial charge in [-0.2, -0.15) is 5.10 Å². The molecule has 4 aromatic rings. The minimum Gasteiger partial charge on any atom is -0.497 e. The van der Waals surface area contributed by atoms with Gasteiger partial charge in [0.15, 0.2) is 0 Å². The first kappa shape index (κ1) is 27.6. The summed E-state index contributed by atoms with van der Waals surface area (Å²) in [6.45, 7) is 0.314. The second-order valence-electron chi connectivity index (χ2n) is 7.87. The first-order chi connectivity index (χ1) is 19.0. The van der Waals surface area contributed by atoms with Crippen molar-refractivity contribution in [3.63, 3.8) is 0 Å². The molecule has 0 bridgehead atoms. The monoisotopic (exact) mass is 567 g/mol. The molecular weight excluding hydrogens is 542 g/mol.